The Morgan fingerprint density at radius 2 is 1.45 bits per heavy atom. The highest BCUT2D eigenvalue weighted by atomic mass is 14.2. The molecular weight excluding hydrogens is 264 g/mol. The second-order valence-electron chi connectivity index (χ2n) is 8.00. The van der Waals surface area contributed by atoms with Crippen LogP contribution in [0, 0.1) is 23.7 Å². The molecule has 0 N–H and O–H groups in total. The Kier molecular flexibility index (Phi) is 13.0. The standard InChI is InChI=1S/C22H44/c1-8-10-12-15-21(18(3)4)16-13-14-20(7)22(19(5)6)17-11-9-2/h16,18-20,22H,8-15,17H2,1-7H3. The zero-order valence-electron chi connectivity index (χ0n) is 16.8. The van der Waals surface area contributed by atoms with Crippen LogP contribution in [-0.4, -0.2) is 0 Å². The van der Waals surface area contributed by atoms with Crippen molar-refractivity contribution in [2.45, 2.75) is 106 Å². The summed E-state index contributed by atoms with van der Waals surface area (Å²) in [5, 5.41) is 0. The second-order valence-corrected chi connectivity index (χ2v) is 8.00. The largest absolute Gasteiger partial charge is 0.0851 e. The van der Waals surface area contributed by atoms with E-state index in [0.717, 1.165) is 23.7 Å². The highest BCUT2D eigenvalue weighted by Crippen LogP contribution is 2.30. The smallest absolute Gasteiger partial charge is 0.0260 e. The summed E-state index contributed by atoms with van der Waals surface area (Å²) in [5.74, 6) is 3.34. The average molecular weight is 309 g/mol. The molecule has 0 heterocycles. The van der Waals surface area contributed by atoms with Gasteiger partial charge in [-0.25, -0.2) is 0 Å². The third-order valence-electron chi connectivity index (χ3n) is 5.32. The van der Waals surface area contributed by atoms with Gasteiger partial charge in [-0.15, -0.1) is 0 Å². The minimum atomic E-state index is 0.730. The normalized spacial score (nSPS) is 15.6. The highest BCUT2D eigenvalue weighted by molar-refractivity contribution is 5.04. The Morgan fingerprint density at radius 1 is 0.818 bits per heavy atom. The van der Waals surface area contributed by atoms with Crippen molar-refractivity contribution < 1.29 is 0 Å². The van der Waals surface area contributed by atoms with Crippen molar-refractivity contribution in [1.82, 2.24) is 0 Å². The lowest BCUT2D eigenvalue weighted by Crippen LogP contribution is -2.18. The van der Waals surface area contributed by atoms with Crippen LogP contribution in [0.25, 0.3) is 0 Å². The van der Waals surface area contributed by atoms with E-state index in [1.807, 2.05) is 0 Å². The maximum absolute atomic E-state index is 2.58. The van der Waals surface area contributed by atoms with Crippen molar-refractivity contribution in [3.63, 3.8) is 0 Å². The average Bonchev–Trinajstić information content (AvgIpc) is 2.45. The minimum absolute atomic E-state index is 0.730. The van der Waals surface area contributed by atoms with E-state index in [4.69, 9.17) is 0 Å². The number of hydrogen-bond acceptors (Lipinski definition) is 0. The zero-order chi connectivity index (χ0) is 17.0. The molecule has 0 saturated carbocycles. The Morgan fingerprint density at radius 3 is 1.95 bits per heavy atom. The molecule has 0 aromatic rings. The van der Waals surface area contributed by atoms with Gasteiger partial charge in [0.1, 0.15) is 0 Å². The lowest BCUT2D eigenvalue weighted by atomic mass is 9.78. The van der Waals surface area contributed by atoms with E-state index in [2.05, 4.69) is 54.5 Å². The van der Waals surface area contributed by atoms with Gasteiger partial charge in [0.2, 0.25) is 0 Å². The fraction of sp³-hybridized carbons (Fsp3) is 0.909. The molecule has 0 rings (SSSR count). The molecule has 0 amide bonds. The summed E-state index contributed by atoms with van der Waals surface area (Å²) in [6, 6.07) is 0. The monoisotopic (exact) mass is 308 g/mol. The first kappa shape index (κ1) is 21.7. The van der Waals surface area contributed by atoms with Crippen LogP contribution in [0.2, 0.25) is 0 Å². The molecule has 0 bridgehead atoms. The molecule has 0 aromatic heterocycles. The number of rotatable bonds is 13. The molecule has 0 aliphatic heterocycles. The second kappa shape index (κ2) is 13.2. The fourth-order valence-electron chi connectivity index (χ4n) is 3.67. The van der Waals surface area contributed by atoms with Crippen LogP contribution < -0.4 is 0 Å². The highest BCUT2D eigenvalue weighted by Gasteiger charge is 2.19. The van der Waals surface area contributed by atoms with Crippen molar-refractivity contribution >= 4 is 0 Å². The van der Waals surface area contributed by atoms with E-state index in [-0.39, 0.29) is 0 Å². The summed E-state index contributed by atoms with van der Waals surface area (Å²) >= 11 is 0. The first-order valence-electron chi connectivity index (χ1n) is 10.1. The quantitative estimate of drug-likeness (QED) is 0.238. The Bertz CT molecular complexity index is 272. The summed E-state index contributed by atoms with van der Waals surface area (Å²) in [6.45, 7) is 16.6. The van der Waals surface area contributed by atoms with E-state index in [1.165, 1.54) is 57.8 Å². The molecule has 2 atom stereocenters. The summed E-state index contributed by atoms with van der Waals surface area (Å²) in [6.07, 6.45) is 14.8. The Balaban J connectivity index is 4.37. The fourth-order valence-corrected chi connectivity index (χ4v) is 3.67. The van der Waals surface area contributed by atoms with Crippen LogP contribution in [-0.2, 0) is 0 Å². The first-order chi connectivity index (χ1) is 10.4. The lowest BCUT2D eigenvalue weighted by molar-refractivity contribution is 0.237. The summed E-state index contributed by atoms with van der Waals surface area (Å²) < 4.78 is 0. The van der Waals surface area contributed by atoms with Crippen LogP contribution >= 0.6 is 0 Å². The van der Waals surface area contributed by atoms with Crippen molar-refractivity contribution in [2.24, 2.45) is 23.7 Å². The van der Waals surface area contributed by atoms with Crippen molar-refractivity contribution in [2.75, 3.05) is 0 Å². The third-order valence-corrected chi connectivity index (χ3v) is 5.32. The van der Waals surface area contributed by atoms with Crippen LogP contribution in [0.3, 0.4) is 0 Å². The molecule has 22 heavy (non-hydrogen) atoms. The van der Waals surface area contributed by atoms with Gasteiger partial charge in [-0.3, -0.25) is 0 Å². The van der Waals surface area contributed by atoms with E-state index >= 15 is 0 Å². The zero-order valence-corrected chi connectivity index (χ0v) is 16.8. The summed E-state index contributed by atoms with van der Waals surface area (Å²) in [4.78, 5) is 0. The van der Waals surface area contributed by atoms with Crippen LogP contribution in [0.5, 0.6) is 0 Å². The van der Waals surface area contributed by atoms with Gasteiger partial charge in [-0.05, 0) is 55.8 Å². The van der Waals surface area contributed by atoms with Crippen LogP contribution in [0.1, 0.15) is 106 Å². The molecule has 0 fully saturated rings. The van der Waals surface area contributed by atoms with Gasteiger partial charge in [-0.1, -0.05) is 85.8 Å². The van der Waals surface area contributed by atoms with Gasteiger partial charge in [0.05, 0.1) is 0 Å². The molecular formula is C22H44. The van der Waals surface area contributed by atoms with Gasteiger partial charge in [0, 0.05) is 0 Å². The molecule has 0 heteroatoms. The molecule has 0 spiro atoms. The van der Waals surface area contributed by atoms with Gasteiger partial charge >= 0.3 is 0 Å². The molecule has 2 unspecified atom stereocenters. The lowest BCUT2D eigenvalue weighted by Gasteiger charge is -2.27. The topological polar surface area (TPSA) is 0 Å². The molecule has 0 aromatic carbocycles. The molecule has 0 saturated heterocycles. The van der Waals surface area contributed by atoms with Crippen LogP contribution in [0.4, 0.5) is 0 Å². The van der Waals surface area contributed by atoms with E-state index in [9.17, 15) is 0 Å². The number of hydrogen-bond donors (Lipinski definition) is 0. The molecule has 0 radical (unpaired) electrons. The third kappa shape index (κ3) is 9.70. The molecule has 132 valence electrons. The van der Waals surface area contributed by atoms with Crippen LogP contribution in [0.15, 0.2) is 11.6 Å². The maximum Gasteiger partial charge on any atom is -0.0260 e. The Hall–Kier alpha value is -0.260. The van der Waals surface area contributed by atoms with E-state index in [1.54, 1.807) is 5.57 Å². The van der Waals surface area contributed by atoms with Crippen molar-refractivity contribution in [3.05, 3.63) is 11.6 Å². The van der Waals surface area contributed by atoms with E-state index < -0.39 is 0 Å². The SMILES string of the molecule is CCCCCC(=CCCC(C)C(CCCC)C(C)C)C(C)C. The predicted octanol–water partition coefficient (Wildman–Crippen LogP) is 8.03. The van der Waals surface area contributed by atoms with E-state index in [0.29, 0.717) is 0 Å². The van der Waals surface area contributed by atoms with Gasteiger partial charge in [0.15, 0.2) is 0 Å². The summed E-state index contributed by atoms with van der Waals surface area (Å²) in [7, 11) is 0. The number of allylic oxidation sites excluding steroid dienone is 2. The minimum Gasteiger partial charge on any atom is -0.0851 e. The van der Waals surface area contributed by atoms with Crippen molar-refractivity contribution in [3.8, 4) is 0 Å². The first-order valence-corrected chi connectivity index (χ1v) is 10.1. The van der Waals surface area contributed by atoms with Gasteiger partial charge in [-0.2, -0.15) is 0 Å². The summed E-state index contributed by atoms with van der Waals surface area (Å²) in [5.41, 5.74) is 1.70. The Labute approximate surface area is 142 Å². The van der Waals surface area contributed by atoms with Gasteiger partial charge in [0.25, 0.3) is 0 Å². The molecule has 0 aliphatic carbocycles. The predicted molar refractivity (Wildman–Crippen MR) is 103 cm³/mol. The number of unbranched alkanes of at least 4 members (excludes halogenated alkanes) is 3. The molecule has 0 aliphatic rings. The maximum atomic E-state index is 2.58. The van der Waals surface area contributed by atoms with Gasteiger partial charge < -0.3 is 0 Å². The molecule has 0 nitrogen and oxygen atoms in total. The van der Waals surface area contributed by atoms with Crippen molar-refractivity contribution in [1.29, 1.82) is 0 Å².